The van der Waals surface area contributed by atoms with Gasteiger partial charge in [0.2, 0.25) is 0 Å². The number of nitrogens with one attached hydrogen (secondary N) is 1. The molecule has 0 saturated carbocycles. The Morgan fingerprint density at radius 2 is 2.00 bits per heavy atom. The van der Waals surface area contributed by atoms with Crippen molar-refractivity contribution in [3.05, 3.63) is 52.3 Å². The molecule has 0 aliphatic rings. The molecule has 0 fully saturated rings. The van der Waals surface area contributed by atoms with Gasteiger partial charge in [-0.1, -0.05) is 11.6 Å². The molecule has 1 N–H and O–H groups in total. The minimum Gasteiger partial charge on any atom is -0.307 e. The Bertz CT molecular complexity index is 593. The number of hydrogen-bond acceptors (Lipinski definition) is 2. The molecule has 2 aromatic rings. The van der Waals surface area contributed by atoms with Crippen LogP contribution in [0.3, 0.4) is 0 Å². The molecule has 0 aliphatic heterocycles. The highest BCUT2D eigenvalue weighted by atomic mass is 35.5. The standard InChI is InChI=1S/C13H13ClF3N3/c1-20-11(4-5-19-20)8-18-7-9-6-10(13(15,16)17)2-3-12(9)14/h2-6,18H,7-8H2,1H3. The molecule has 0 spiro atoms. The quantitative estimate of drug-likeness (QED) is 0.938. The zero-order chi connectivity index (χ0) is 14.8. The summed E-state index contributed by atoms with van der Waals surface area (Å²) in [6, 6.07) is 5.15. The number of alkyl halides is 3. The van der Waals surface area contributed by atoms with Crippen LogP contribution in [0.1, 0.15) is 16.8 Å². The van der Waals surface area contributed by atoms with E-state index in [4.69, 9.17) is 11.6 Å². The van der Waals surface area contributed by atoms with Gasteiger partial charge in [0.05, 0.1) is 11.3 Å². The van der Waals surface area contributed by atoms with E-state index in [1.54, 1.807) is 17.9 Å². The van der Waals surface area contributed by atoms with E-state index >= 15 is 0 Å². The summed E-state index contributed by atoms with van der Waals surface area (Å²) in [6.45, 7) is 0.761. The van der Waals surface area contributed by atoms with Crippen molar-refractivity contribution in [3.63, 3.8) is 0 Å². The highest BCUT2D eigenvalue weighted by molar-refractivity contribution is 6.31. The molecule has 1 aromatic heterocycles. The minimum absolute atomic E-state index is 0.258. The van der Waals surface area contributed by atoms with Crippen LogP contribution >= 0.6 is 11.6 Å². The second kappa shape index (κ2) is 5.85. The fourth-order valence-corrected chi connectivity index (χ4v) is 1.97. The summed E-state index contributed by atoms with van der Waals surface area (Å²) < 4.78 is 39.6. The molecule has 0 aliphatic carbocycles. The van der Waals surface area contributed by atoms with E-state index in [0.717, 1.165) is 17.8 Å². The molecule has 0 atom stereocenters. The molecule has 7 heteroatoms. The number of benzene rings is 1. The molecule has 0 radical (unpaired) electrons. The Labute approximate surface area is 119 Å². The van der Waals surface area contributed by atoms with Crippen molar-refractivity contribution < 1.29 is 13.2 Å². The van der Waals surface area contributed by atoms with Crippen molar-refractivity contribution in [2.75, 3.05) is 0 Å². The van der Waals surface area contributed by atoms with Crippen molar-refractivity contribution in [3.8, 4) is 0 Å². The van der Waals surface area contributed by atoms with E-state index < -0.39 is 11.7 Å². The Kier molecular flexibility index (Phi) is 4.35. The van der Waals surface area contributed by atoms with E-state index in [2.05, 4.69) is 10.4 Å². The van der Waals surface area contributed by atoms with Crippen molar-refractivity contribution in [2.24, 2.45) is 7.05 Å². The summed E-state index contributed by atoms with van der Waals surface area (Å²) in [4.78, 5) is 0. The predicted octanol–water partition coefficient (Wildman–Crippen LogP) is 3.38. The number of aromatic nitrogens is 2. The third kappa shape index (κ3) is 3.52. The van der Waals surface area contributed by atoms with Gasteiger partial charge < -0.3 is 5.32 Å². The fourth-order valence-electron chi connectivity index (χ4n) is 1.79. The highest BCUT2D eigenvalue weighted by Crippen LogP contribution is 2.31. The van der Waals surface area contributed by atoms with E-state index in [9.17, 15) is 13.2 Å². The average Bonchev–Trinajstić information content (AvgIpc) is 2.76. The van der Waals surface area contributed by atoms with Gasteiger partial charge in [-0.05, 0) is 29.8 Å². The zero-order valence-corrected chi connectivity index (χ0v) is 11.5. The molecule has 20 heavy (non-hydrogen) atoms. The van der Waals surface area contributed by atoms with Crippen LogP contribution in [0.5, 0.6) is 0 Å². The smallest absolute Gasteiger partial charge is 0.307 e. The highest BCUT2D eigenvalue weighted by Gasteiger charge is 2.30. The lowest BCUT2D eigenvalue weighted by Crippen LogP contribution is -2.16. The number of nitrogens with zero attached hydrogens (tertiary/aromatic N) is 2. The van der Waals surface area contributed by atoms with E-state index in [-0.39, 0.29) is 6.54 Å². The second-order valence-electron chi connectivity index (χ2n) is 4.35. The molecule has 1 heterocycles. The Hall–Kier alpha value is -1.53. The Morgan fingerprint density at radius 1 is 1.25 bits per heavy atom. The first-order chi connectivity index (χ1) is 9.38. The van der Waals surface area contributed by atoms with Gasteiger partial charge in [-0.25, -0.2) is 0 Å². The first kappa shape index (κ1) is 14.9. The third-order valence-electron chi connectivity index (χ3n) is 2.92. The van der Waals surface area contributed by atoms with E-state index in [1.165, 1.54) is 6.07 Å². The molecular formula is C13H13ClF3N3. The molecule has 2 rings (SSSR count). The first-order valence-electron chi connectivity index (χ1n) is 5.91. The monoisotopic (exact) mass is 303 g/mol. The van der Waals surface area contributed by atoms with Crippen LogP contribution in [0.4, 0.5) is 13.2 Å². The van der Waals surface area contributed by atoms with Crippen LogP contribution in [0, 0.1) is 0 Å². The zero-order valence-electron chi connectivity index (χ0n) is 10.7. The molecule has 0 unspecified atom stereocenters. The molecule has 0 saturated heterocycles. The number of halogens is 4. The lowest BCUT2D eigenvalue weighted by molar-refractivity contribution is -0.137. The van der Waals surface area contributed by atoms with Crippen LogP contribution in [0.2, 0.25) is 5.02 Å². The van der Waals surface area contributed by atoms with Gasteiger partial charge in [-0.2, -0.15) is 18.3 Å². The third-order valence-corrected chi connectivity index (χ3v) is 3.29. The maximum absolute atomic E-state index is 12.6. The molecular weight excluding hydrogens is 291 g/mol. The number of hydrogen-bond donors (Lipinski definition) is 1. The largest absolute Gasteiger partial charge is 0.416 e. The van der Waals surface area contributed by atoms with Crippen LogP contribution in [-0.4, -0.2) is 9.78 Å². The molecule has 0 bridgehead atoms. The van der Waals surface area contributed by atoms with Gasteiger partial charge >= 0.3 is 6.18 Å². The summed E-state index contributed by atoms with van der Waals surface area (Å²) in [5.41, 5.74) is 0.663. The van der Waals surface area contributed by atoms with Crippen molar-refractivity contribution >= 4 is 11.6 Å². The summed E-state index contributed by atoms with van der Waals surface area (Å²) >= 11 is 5.91. The van der Waals surface area contributed by atoms with Gasteiger partial charge in [0.1, 0.15) is 0 Å². The van der Waals surface area contributed by atoms with Gasteiger partial charge in [0, 0.05) is 31.4 Å². The average molecular weight is 304 g/mol. The van der Waals surface area contributed by atoms with Gasteiger partial charge in [0.15, 0.2) is 0 Å². The SMILES string of the molecule is Cn1nccc1CNCc1cc(C(F)(F)F)ccc1Cl. The lowest BCUT2D eigenvalue weighted by atomic mass is 10.1. The van der Waals surface area contributed by atoms with E-state index in [1.807, 2.05) is 6.07 Å². The molecule has 0 amide bonds. The fraction of sp³-hybridized carbons (Fsp3) is 0.308. The maximum Gasteiger partial charge on any atom is 0.416 e. The Balaban J connectivity index is 2.04. The van der Waals surface area contributed by atoms with Gasteiger partial charge in [-0.3, -0.25) is 4.68 Å². The number of aryl methyl sites for hydroxylation is 1. The van der Waals surface area contributed by atoms with Crippen molar-refractivity contribution in [1.29, 1.82) is 0 Å². The lowest BCUT2D eigenvalue weighted by Gasteiger charge is -2.11. The van der Waals surface area contributed by atoms with Crippen LogP contribution < -0.4 is 5.32 Å². The molecule has 3 nitrogen and oxygen atoms in total. The van der Waals surface area contributed by atoms with Crippen molar-refractivity contribution in [2.45, 2.75) is 19.3 Å². The maximum atomic E-state index is 12.6. The van der Waals surface area contributed by atoms with E-state index in [0.29, 0.717) is 17.1 Å². The summed E-state index contributed by atoms with van der Waals surface area (Å²) in [7, 11) is 1.80. The topological polar surface area (TPSA) is 29.9 Å². The Morgan fingerprint density at radius 3 is 2.60 bits per heavy atom. The molecule has 108 valence electrons. The minimum atomic E-state index is -4.36. The number of rotatable bonds is 4. The van der Waals surface area contributed by atoms with Gasteiger partial charge in [-0.15, -0.1) is 0 Å². The van der Waals surface area contributed by atoms with Crippen LogP contribution in [-0.2, 0) is 26.3 Å². The van der Waals surface area contributed by atoms with Gasteiger partial charge in [0.25, 0.3) is 0 Å². The summed E-state index contributed by atoms with van der Waals surface area (Å²) in [5.74, 6) is 0. The summed E-state index contributed by atoms with van der Waals surface area (Å²) in [5, 5.41) is 7.38. The predicted molar refractivity (Wildman–Crippen MR) is 70.2 cm³/mol. The normalized spacial score (nSPS) is 11.8. The summed E-state index contributed by atoms with van der Waals surface area (Å²) in [6.07, 6.45) is -2.70. The second-order valence-corrected chi connectivity index (χ2v) is 4.76. The first-order valence-corrected chi connectivity index (χ1v) is 6.29. The van der Waals surface area contributed by atoms with Crippen molar-refractivity contribution in [1.82, 2.24) is 15.1 Å². The van der Waals surface area contributed by atoms with Crippen LogP contribution in [0.25, 0.3) is 0 Å². The molecule has 1 aromatic carbocycles. The van der Waals surface area contributed by atoms with Crippen LogP contribution in [0.15, 0.2) is 30.5 Å².